The molecule has 0 aliphatic rings. The van der Waals surface area contributed by atoms with Gasteiger partial charge in [0.25, 0.3) is 11.9 Å². The Labute approximate surface area is 170 Å². The molecule has 5 aromatic rings. The van der Waals surface area contributed by atoms with Crippen molar-refractivity contribution in [2.75, 3.05) is 0 Å². The van der Waals surface area contributed by atoms with Crippen LogP contribution in [0.4, 0.5) is 0 Å². The predicted octanol–water partition coefficient (Wildman–Crippen LogP) is 5.62. The number of para-hydroxylation sites is 2. The van der Waals surface area contributed by atoms with Crippen molar-refractivity contribution in [1.29, 1.82) is 0 Å². The fourth-order valence-corrected chi connectivity index (χ4v) is 3.06. The van der Waals surface area contributed by atoms with Crippen LogP contribution in [-0.2, 0) is 0 Å². The normalized spacial score (nSPS) is 10.9. The van der Waals surface area contributed by atoms with Gasteiger partial charge < -0.3 is 18.3 Å². The van der Waals surface area contributed by atoms with Gasteiger partial charge in [0.05, 0.1) is 11.1 Å². The second-order valence-electron chi connectivity index (χ2n) is 6.56. The maximum Gasteiger partial charge on any atom is 0.345 e. The monoisotopic (exact) mass is 398 g/mol. The molecule has 0 aliphatic carbocycles. The quantitative estimate of drug-likeness (QED) is 0.366. The molecule has 2 heterocycles. The second-order valence-corrected chi connectivity index (χ2v) is 6.56. The minimum Gasteiger partial charge on any atom is -0.425 e. The standard InChI is InChI=1S/C24H14O6/c25-23(29-21-13-17-5-1-3-7-19(17)27-21)15-9-11-16(12-10-15)24(26)30-22-14-18-6-2-4-8-20(18)28-22/h1-14H. The number of hydrogen-bond acceptors (Lipinski definition) is 6. The van der Waals surface area contributed by atoms with Gasteiger partial charge in [0, 0.05) is 22.9 Å². The van der Waals surface area contributed by atoms with Crippen molar-refractivity contribution in [3.05, 3.63) is 96.1 Å². The summed E-state index contributed by atoms with van der Waals surface area (Å²) in [6, 6.07) is 23.9. The number of hydrogen-bond donors (Lipinski definition) is 0. The maximum absolute atomic E-state index is 12.3. The lowest BCUT2D eigenvalue weighted by atomic mass is 10.1. The highest BCUT2D eigenvalue weighted by molar-refractivity contribution is 5.95. The van der Waals surface area contributed by atoms with Gasteiger partial charge in [-0.05, 0) is 36.4 Å². The van der Waals surface area contributed by atoms with E-state index in [1.165, 1.54) is 24.3 Å². The minimum atomic E-state index is -0.591. The molecule has 3 aromatic carbocycles. The Balaban J connectivity index is 1.28. The van der Waals surface area contributed by atoms with E-state index in [1.807, 2.05) is 36.4 Å². The summed E-state index contributed by atoms with van der Waals surface area (Å²) in [5.41, 5.74) is 1.81. The molecule has 0 unspecified atom stereocenters. The topological polar surface area (TPSA) is 78.9 Å². The van der Waals surface area contributed by atoms with Crippen LogP contribution in [0.1, 0.15) is 20.7 Å². The van der Waals surface area contributed by atoms with Crippen molar-refractivity contribution in [2.24, 2.45) is 0 Å². The maximum atomic E-state index is 12.3. The van der Waals surface area contributed by atoms with E-state index in [9.17, 15) is 9.59 Å². The van der Waals surface area contributed by atoms with Crippen LogP contribution in [-0.4, -0.2) is 11.9 Å². The van der Waals surface area contributed by atoms with Crippen molar-refractivity contribution in [2.45, 2.75) is 0 Å². The van der Waals surface area contributed by atoms with Gasteiger partial charge in [0.15, 0.2) is 0 Å². The molecule has 0 amide bonds. The van der Waals surface area contributed by atoms with E-state index >= 15 is 0 Å². The second kappa shape index (κ2) is 7.25. The summed E-state index contributed by atoms with van der Waals surface area (Å²) in [5.74, 6) is -0.971. The Morgan fingerprint density at radius 1 is 0.567 bits per heavy atom. The van der Waals surface area contributed by atoms with Gasteiger partial charge in [0.2, 0.25) is 0 Å². The first-order valence-corrected chi connectivity index (χ1v) is 9.17. The number of carbonyl (C=O) groups is 2. The molecule has 30 heavy (non-hydrogen) atoms. The number of carbonyl (C=O) groups excluding carboxylic acids is 2. The van der Waals surface area contributed by atoms with Crippen molar-refractivity contribution in [1.82, 2.24) is 0 Å². The Morgan fingerprint density at radius 3 is 1.37 bits per heavy atom. The molecule has 5 rings (SSSR count). The Bertz CT molecular complexity index is 1200. The number of esters is 2. The highest BCUT2D eigenvalue weighted by atomic mass is 16.6. The van der Waals surface area contributed by atoms with E-state index in [2.05, 4.69) is 0 Å². The lowest BCUT2D eigenvalue weighted by Gasteiger charge is -2.03. The van der Waals surface area contributed by atoms with Crippen molar-refractivity contribution >= 4 is 33.9 Å². The zero-order valence-electron chi connectivity index (χ0n) is 15.5. The summed E-state index contributed by atoms with van der Waals surface area (Å²) in [5, 5.41) is 1.67. The Morgan fingerprint density at radius 2 is 0.967 bits per heavy atom. The summed E-state index contributed by atoms with van der Waals surface area (Å²) in [6.07, 6.45) is 0. The van der Waals surface area contributed by atoms with Gasteiger partial charge in [0.1, 0.15) is 11.2 Å². The zero-order valence-corrected chi connectivity index (χ0v) is 15.5. The lowest BCUT2D eigenvalue weighted by molar-refractivity contribution is 0.0682. The summed E-state index contributed by atoms with van der Waals surface area (Å²) >= 11 is 0. The van der Waals surface area contributed by atoms with E-state index in [0.29, 0.717) is 11.2 Å². The summed E-state index contributed by atoms with van der Waals surface area (Å²) in [4.78, 5) is 24.7. The highest BCUT2D eigenvalue weighted by Crippen LogP contribution is 2.26. The van der Waals surface area contributed by atoms with Gasteiger partial charge in [-0.25, -0.2) is 9.59 Å². The largest absolute Gasteiger partial charge is 0.425 e. The number of fused-ring (bicyclic) bond motifs is 2. The van der Waals surface area contributed by atoms with Crippen molar-refractivity contribution < 1.29 is 27.9 Å². The molecule has 0 atom stereocenters. The van der Waals surface area contributed by atoms with Crippen LogP contribution < -0.4 is 9.47 Å². The van der Waals surface area contributed by atoms with Crippen LogP contribution in [0.15, 0.2) is 93.8 Å². The third-order valence-electron chi connectivity index (χ3n) is 4.55. The van der Waals surface area contributed by atoms with Crippen molar-refractivity contribution in [3.8, 4) is 11.9 Å². The average Bonchev–Trinajstić information content (AvgIpc) is 3.36. The van der Waals surface area contributed by atoms with E-state index in [1.54, 1.807) is 24.3 Å². The third kappa shape index (κ3) is 3.42. The van der Waals surface area contributed by atoms with Crippen LogP contribution in [0.2, 0.25) is 0 Å². The van der Waals surface area contributed by atoms with Gasteiger partial charge >= 0.3 is 11.9 Å². The number of furan rings is 2. The van der Waals surface area contributed by atoms with E-state index in [4.69, 9.17) is 18.3 Å². The van der Waals surface area contributed by atoms with Crippen LogP contribution in [0.25, 0.3) is 21.9 Å². The molecule has 0 saturated heterocycles. The highest BCUT2D eigenvalue weighted by Gasteiger charge is 2.16. The van der Waals surface area contributed by atoms with E-state index in [-0.39, 0.29) is 23.0 Å². The van der Waals surface area contributed by atoms with Crippen LogP contribution in [0.3, 0.4) is 0 Å². The smallest absolute Gasteiger partial charge is 0.345 e. The predicted molar refractivity (Wildman–Crippen MR) is 109 cm³/mol. The van der Waals surface area contributed by atoms with Crippen molar-refractivity contribution in [3.63, 3.8) is 0 Å². The number of rotatable bonds is 4. The first-order valence-electron chi connectivity index (χ1n) is 9.17. The molecule has 0 fully saturated rings. The zero-order chi connectivity index (χ0) is 20.5. The number of benzene rings is 3. The third-order valence-corrected chi connectivity index (χ3v) is 4.55. The van der Waals surface area contributed by atoms with Gasteiger partial charge in [-0.1, -0.05) is 36.4 Å². The van der Waals surface area contributed by atoms with Crippen LogP contribution in [0, 0.1) is 0 Å². The molecule has 2 aromatic heterocycles. The van der Waals surface area contributed by atoms with Gasteiger partial charge in [-0.15, -0.1) is 0 Å². The molecule has 0 N–H and O–H groups in total. The molecule has 0 radical (unpaired) electrons. The fraction of sp³-hybridized carbons (Fsp3) is 0. The molecule has 6 nitrogen and oxygen atoms in total. The van der Waals surface area contributed by atoms with Gasteiger partial charge in [-0.3, -0.25) is 0 Å². The first kappa shape index (κ1) is 17.8. The Kier molecular flexibility index (Phi) is 4.29. The SMILES string of the molecule is O=C(Oc1cc2ccccc2o1)c1ccc(C(=O)Oc2cc3ccccc3o2)cc1. The summed E-state index contributed by atoms with van der Waals surface area (Å²) in [7, 11) is 0. The summed E-state index contributed by atoms with van der Waals surface area (Å²) < 4.78 is 21.5. The first-order chi connectivity index (χ1) is 14.7. The minimum absolute atomic E-state index is 0.106. The molecule has 6 heteroatoms. The molecule has 0 aliphatic heterocycles. The number of ether oxygens (including phenoxy) is 2. The van der Waals surface area contributed by atoms with Crippen LogP contribution >= 0.6 is 0 Å². The molecular formula is C24H14O6. The Hall–Kier alpha value is -4.32. The fourth-order valence-electron chi connectivity index (χ4n) is 3.06. The van der Waals surface area contributed by atoms with E-state index in [0.717, 1.165) is 10.8 Å². The lowest BCUT2D eigenvalue weighted by Crippen LogP contribution is -2.10. The molecule has 0 bridgehead atoms. The molecule has 0 spiro atoms. The average molecular weight is 398 g/mol. The van der Waals surface area contributed by atoms with Crippen LogP contribution in [0.5, 0.6) is 11.9 Å². The molecule has 146 valence electrons. The molecule has 0 saturated carbocycles. The van der Waals surface area contributed by atoms with E-state index < -0.39 is 11.9 Å². The van der Waals surface area contributed by atoms with Gasteiger partial charge in [-0.2, -0.15) is 0 Å². The molecular weight excluding hydrogens is 384 g/mol. The summed E-state index contributed by atoms with van der Waals surface area (Å²) in [6.45, 7) is 0.